The topological polar surface area (TPSA) is 99.5 Å². The van der Waals surface area contributed by atoms with E-state index in [-0.39, 0.29) is 12.8 Å². The molecule has 0 saturated heterocycles. The average Bonchev–Trinajstić information content (AvgIpc) is 3.11. The van der Waals surface area contributed by atoms with Crippen LogP contribution in [0.3, 0.4) is 0 Å². The monoisotopic (exact) mass is 449 g/mol. The molecular weight excluding hydrogens is 422 g/mol. The van der Waals surface area contributed by atoms with E-state index in [2.05, 4.69) is 10.4 Å². The van der Waals surface area contributed by atoms with Gasteiger partial charge in [0.25, 0.3) is 5.91 Å². The summed E-state index contributed by atoms with van der Waals surface area (Å²) in [6.45, 7) is 3.21. The number of aryl methyl sites for hydroxylation is 1. The number of nitrogens with one attached hydrogen (secondary N) is 1. The van der Waals surface area contributed by atoms with Gasteiger partial charge >= 0.3 is 11.9 Å². The molecule has 0 aliphatic heterocycles. The number of esters is 2. The molecule has 1 heterocycles. The molecule has 1 unspecified atom stereocenters. The summed E-state index contributed by atoms with van der Waals surface area (Å²) in [6, 6.07) is 18.0. The number of methoxy groups -OCH3 is 1. The van der Waals surface area contributed by atoms with E-state index in [0.29, 0.717) is 5.69 Å². The Kier molecular flexibility index (Phi) is 7.96. The minimum Gasteiger partial charge on any atom is -0.467 e. The van der Waals surface area contributed by atoms with Crippen LogP contribution in [-0.4, -0.2) is 47.4 Å². The van der Waals surface area contributed by atoms with Gasteiger partial charge in [-0.05, 0) is 31.5 Å². The highest BCUT2D eigenvalue weighted by atomic mass is 16.5. The van der Waals surface area contributed by atoms with Crippen LogP contribution < -0.4 is 5.32 Å². The van der Waals surface area contributed by atoms with Crippen LogP contribution >= 0.6 is 0 Å². The van der Waals surface area contributed by atoms with Gasteiger partial charge in [0.1, 0.15) is 6.04 Å². The van der Waals surface area contributed by atoms with E-state index in [0.717, 1.165) is 22.5 Å². The molecule has 1 amide bonds. The van der Waals surface area contributed by atoms with Crippen LogP contribution in [0, 0.1) is 13.8 Å². The Bertz CT molecular complexity index is 1110. The Labute approximate surface area is 192 Å². The molecule has 0 fully saturated rings. The minimum atomic E-state index is -0.878. The van der Waals surface area contributed by atoms with Crippen LogP contribution in [-0.2, 0) is 36.7 Å². The van der Waals surface area contributed by atoms with Crippen molar-refractivity contribution in [1.82, 2.24) is 15.1 Å². The number of carbonyl (C=O) groups is 3. The molecule has 0 aliphatic carbocycles. The van der Waals surface area contributed by atoms with Gasteiger partial charge in [0, 0.05) is 17.7 Å². The molecule has 33 heavy (non-hydrogen) atoms. The lowest BCUT2D eigenvalue weighted by Gasteiger charge is -2.16. The van der Waals surface area contributed by atoms with Crippen molar-refractivity contribution in [2.24, 2.45) is 0 Å². The fourth-order valence-electron chi connectivity index (χ4n) is 3.51. The minimum absolute atomic E-state index is 0.0117. The summed E-state index contributed by atoms with van der Waals surface area (Å²) < 4.78 is 11.7. The first-order valence-electron chi connectivity index (χ1n) is 10.6. The lowest BCUT2D eigenvalue weighted by molar-refractivity contribution is -0.149. The molecule has 1 atom stereocenters. The highest BCUT2D eigenvalue weighted by molar-refractivity contribution is 5.86. The van der Waals surface area contributed by atoms with E-state index in [1.165, 1.54) is 7.11 Å². The maximum absolute atomic E-state index is 12.4. The Morgan fingerprint density at radius 1 is 1.00 bits per heavy atom. The second-order valence-corrected chi connectivity index (χ2v) is 7.57. The van der Waals surface area contributed by atoms with Crippen LogP contribution in [0.1, 0.15) is 22.5 Å². The van der Waals surface area contributed by atoms with Crippen molar-refractivity contribution in [3.63, 3.8) is 0 Å². The maximum Gasteiger partial charge on any atom is 0.328 e. The second-order valence-electron chi connectivity index (χ2n) is 7.57. The zero-order valence-electron chi connectivity index (χ0n) is 18.9. The predicted octanol–water partition coefficient (Wildman–Crippen LogP) is 2.48. The lowest BCUT2D eigenvalue weighted by Crippen LogP contribution is -2.44. The molecule has 172 valence electrons. The van der Waals surface area contributed by atoms with E-state index < -0.39 is 30.5 Å². The molecule has 1 aromatic heterocycles. The van der Waals surface area contributed by atoms with Crippen LogP contribution in [0.2, 0.25) is 0 Å². The fraction of sp³-hybridized carbons (Fsp3) is 0.280. The first-order chi connectivity index (χ1) is 15.9. The van der Waals surface area contributed by atoms with E-state index >= 15 is 0 Å². The molecule has 8 heteroatoms. The molecule has 1 N–H and O–H groups in total. The number of hydrogen-bond acceptors (Lipinski definition) is 6. The third-order valence-electron chi connectivity index (χ3n) is 5.23. The third-order valence-corrected chi connectivity index (χ3v) is 5.23. The average molecular weight is 450 g/mol. The van der Waals surface area contributed by atoms with E-state index in [1.54, 1.807) is 4.68 Å². The Hall–Kier alpha value is -3.94. The molecule has 2 aromatic carbocycles. The van der Waals surface area contributed by atoms with Crippen LogP contribution in [0.4, 0.5) is 0 Å². The summed E-state index contributed by atoms with van der Waals surface area (Å²) in [6.07, 6.45) is 0.256. The van der Waals surface area contributed by atoms with Gasteiger partial charge in [-0.1, -0.05) is 48.5 Å². The smallest absolute Gasteiger partial charge is 0.328 e. The standard InChI is InChI=1S/C25H27N3O5/c1-17-21(18(2)28(27-17)20-12-8-5-9-13-20)15-24(30)33-16-23(29)26-22(25(31)32-3)14-19-10-6-4-7-11-19/h4-13,22H,14-16H2,1-3H3,(H,26,29). The van der Waals surface area contributed by atoms with Crippen molar-refractivity contribution < 1.29 is 23.9 Å². The van der Waals surface area contributed by atoms with Crippen molar-refractivity contribution in [3.05, 3.63) is 83.2 Å². The van der Waals surface area contributed by atoms with Crippen molar-refractivity contribution in [2.75, 3.05) is 13.7 Å². The van der Waals surface area contributed by atoms with Crippen molar-refractivity contribution >= 4 is 17.8 Å². The zero-order chi connectivity index (χ0) is 23.8. The van der Waals surface area contributed by atoms with Gasteiger partial charge in [0.2, 0.25) is 0 Å². The van der Waals surface area contributed by atoms with Crippen LogP contribution in [0.15, 0.2) is 60.7 Å². The number of benzene rings is 2. The van der Waals surface area contributed by atoms with Gasteiger partial charge in [-0.3, -0.25) is 9.59 Å². The number of para-hydroxylation sites is 1. The van der Waals surface area contributed by atoms with Crippen LogP contribution in [0.5, 0.6) is 0 Å². The lowest BCUT2D eigenvalue weighted by atomic mass is 10.1. The van der Waals surface area contributed by atoms with Gasteiger partial charge in [0.05, 0.1) is 24.9 Å². The van der Waals surface area contributed by atoms with Crippen molar-refractivity contribution in [2.45, 2.75) is 32.7 Å². The molecule has 8 nitrogen and oxygen atoms in total. The van der Waals surface area contributed by atoms with E-state index in [1.807, 2.05) is 74.5 Å². The largest absolute Gasteiger partial charge is 0.467 e. The maximum atomic E-state index is 12.4. The van der Waals surface area contributed by atoms with Crippen molar-refractivity contribution in [3.8, 4) is 5.69 Å². The van der Waals surface area contributed by atoms with E-state index in [4.69, 9.17) is 9.47 Å². The number of nitrogens with zero attached hydrogens (tertiary/aromatic N) is 2. The number of carbonyl (C=O) groups excluding carboxylic acids is 3. The molecular formula is C25H27N3O5. The number of hydrogen-bond donors (Lipinski definition) is 1. The van der Waals surface area contributed by atoms with Crippen molar-refractivity contribution in [1.29, 1.82) is 0 Å². The quantitative estimate of drug-likeness (QED) is 0.504. The predicted molar refractivity (Wildman–Crippen MR) is 122 cm³/mol. The van der Waals surface area contributed by atoms with Gasteiger partial charge < -0.3 is 14.8 Å². The zero-order valence-corrected chi connectivity index (χ0v) is 18.9. The summed E-state index contributed by atoms with van der Waals surface area (Å²) in [5.41, 5.74) is 4.05. The molecule has 0 radical (unpaired) electrons. The number of aromatic nitrogens is 2. The second kappa shape index (κ2) is 11.1. The van der Waals surface area contributed by atoms with Gasteiger partial charge in [0.15, 0.2) is 6.61 Å². The molecule has 0 bridgehead atoms. The normalized spacial score (nSPS) is 11.5. The summed E-state index contributed by atoms with van der Waals surface area (Å²) in [4.78, 5) is 36.8. The molecule has 0 spiro atoms. The van der Waals surface area contributed by atoms with E-state index in [9.17, 15) is 14.4 Å². The van der Waals surface area contributed by atoms with Gasteiger partial charge in [-0.25, -0.2) is 9.48 Å². The summed E-state index contributed by atoms with van der Waals surface area (Å²) in [7, 11) is 1.26. The molecule has 0 saturated carbocycles. The molecule has 0 aliphatic rings. The first kappa shape index (κ1) is 23.7. The number of amides is 1. The summed E-state index contributed by atoms with van der Waals surface area (Å²) >= 11 is 0. The highest BCUT2D eigenvalue weighted by Crippen LogP contribution is 2.18. The van der Waals surface area contributed by atoms with Crippen LogP contribution in [0.25, 0.3) is 5.69 Å². The first-order valence-corrected chi connectivity index (χ1v) is 10.6. The SMILES string of the molecule is COC(=O)C(Cc1ccccc1)NC(=O)COC(=O)Cc1c(C)nn(-c2ccccc2)c1C. The Balaban J connectivity index is 1.57. The third kappa shape index (κ3) is 6.29. The Morgan fingerprint density at radius 2 is 1.64 bits per heavy atom. The van der Waals surface area contributed by atoms with Gasteiger partial charge in [-0.15, -0.1) is 0 Å². The summed E-state index contributed by atoms with van der Waals surface area (Å²) in [5, 5.41) is 7.09. The number of ether oxygens (including phenoxy) is 2. The fourth-order valence-corrected chi connectivity index (χ4v) is 3.51. The highest BCUT2D eigenvalue weighted by Gasteiger charge is 2.23. The molecule has 3 rings (SSSR count). The Morgan fingerprint density at radius 3 is 2.27 bits per heavy atom. The number of rotatable bonds is 9. The van der Waals surface area contributed by atoms with Gasteiger partial charge in [-0.2, -0.15) is 5.10 Å². The summed E-state index contributed by atoms with van der Waals surface area (Å²) in [5.74, 6) is -1.71. The molecule has 3 aromatic rings.